The van der Waals surface area contributed by atoms with Crippen molar-refractivity contribution in [3.8, 4) is 11.5 Å². The molecule has 1 aliphatic heterocycles. The molecule has 0 fully saturated rings. The second kappa shape index (κ2) is 6.76. The summed E-state index contributed by atoms with van der Waals surface area (Å²) in [4.78, 5) is 11.9. The zero-order valence-electron chi connectivity index (χ0n) is 11.8. The molecule has 0 N–H and O–H groups in total. The first kappa shape index (κ1) is 16.1. The van der Waals surface area contributed by atoms with E-state index in [1.54, 1.807) is 12.1 Å². The van der Waals surface area contributed by atoms with Gasteiger partial charge < -0.3 is 14.2 Å². The third kappa shape index (κ3) is 3.59. The van der Waals surface area contributed by atoms with Gasteiger partial charge in [-0.05, 0) is 24.3 Å². The van der Waals surface area contributed by atoms with Gasteiger partial charge in [0.2, 0.25) is 6.79 Å². The monoisotopic (exact) mass is 400 g/mol. The van der Waals surface area contributed by atoms with Crippen LogP contribution < -0.4 is 9.47 Å². The summed E-state index contributed by atoms with van der Waals surface area (Å²) in [5.41, 5.74) is 0.853. The third-order valence-electron chi connectivity index (χ3n) is 3.31. The lowest BCUT2D eigenvalue weighted by atomic mass is 10.1. The fourth-order valence-electron chi connectivity index (χ4n) is 2.12. The van der Waals surface area contributed by atoms with Crippen molar-refractivity contribution in [1.29, 1.82) is 0 Å². The summed E-state index contributed by atoms with van der Waals surface area (Å²) in [5.74, 6) is 0.127. The summed E-state index contributed by atoms with van der Waals surface area (Å²) in [6.07, 6.45) is -0.228. The van der Waals surface area contributed by atoms with Crippen molar-refractivity contribution < 1.29 is 23.4 Å². The van der Waals surface area contributed by atoms with Crippen LogP contribution in [0.25, 0.3) is 0 Å². The van der Waals surface area contributed by atoms with Crippen LogP contribution in [0.2, 0.25) is 5.02 Å². The lowest BCUT2D eigenvalue weighted by Crippen LogP contribution is -2.10. The molecular weight excluding hydrogens is 391 g/mol. The van der Waals surface area contributed by atoms with Crippen LogP contribution in [0.1, 0.15) is 11.1 Å². The van der Waals surface area contributed by atoms with Crippen LogP contribution >= 0.6 is 27.5 Å². The number of hydrogen-bond acceptors (Lipinski definition) is 4. The van der Waals surface area contributed by atoms with Gasteiger partial charge in [-0.3, -0.25) is 4.79 Å². The van der Waals surface area contributed by atoms with E-state index >= 15 is 0 Å². The van der Waals surface area contributed by atoms with Crippen molar-refractivity contribution >= 4 is 33.5 Å². The van der Waals surface area contributed by atoms with Gasteiger partial charge in [-0.15, -0.1) is 0 Å². The molecule has 23 heavy (non-hydrogen) atoms. The second-order valence-corrected chi connectivity index (χ2v) is 6.10. The van der Waals surface area contributed by atoms with E-state index in [2.05, 4.69) is 15.9 Å². The first-order valence-corrected chi connectivity index (χ1v) is 7.88. The number of carbonyl (C=O) groups excluding carboxylic acids is 1. The van der Waals surface area contributed by atoms with Crippen LogP contribution in [0.3, 0.4) is 0 Å². The minimum absolute atomic E-state index is 0.0299. The average molecular weight is 402 g/mol. The van der Waals surface area contributed by atoms with Crippen LogP contribution in [0.4, 0.5) is 4.39 Å². The molecule has 0 bridgehead atoms. The molecule has 2 aromatic carbocycles. The summed E-state index contributed by atoms with van der Waals surface area (Å²) in [6.45, 7) is 0.193. The molecule has 120 valence electrons. The Morgan fingerprint density at radius 2 is 2.04 bits per heavy atom. The summed E-state index contributed by atoms with van der Waals surface area (Å²) in [5, 5.41) is 0.200. The Morgan fingerprint density at radius 3 is 2.78 bits per heavy atom. The van der Waals surface area contributed by atoms with E-state index in [0.717, 1.165) is 10.0 Å². The fraction of sp³-hybridized carbons (Fsp3) is 0.188. The standard InChI is InChI=1S/C16H11BrClFO4/c17-11-6-15-14(22-8-23-15)4-9(11)7-21-16(20)5-10-12(18)2-1-3-13(10)19/h1-4,6H,5,7-8H2. The highest BCUT2D eigenvalue weighted by molar-refractivity contribution is 9.10. The number of halogens is 3. The number of benzene rings is 2. The van der Waals surface area contributed by atoms with Gasteiger partial charge in [-0.1, -0.05) is 33.6 Å². The van der Waals surface area contributed by atoms with E-state index in [-0.39, 0.29) is 30.4 Å². The Morgan fingerprint density at radius 1 is 1.30 bits per heavy atom. The third-order valence-corrected chi connectivity index (χ3v) is 4.41. The summed E-state index contributed by atoms with van der Waals surface area (Å²) in [6, 6.07) is 7.75. The zero-order chi connectivity index (χ0) is 16.4. The molecule has 4 nitrogen and oxygen atoms in total. The highest BCUT2D eigenvalue weighted by Gasteiger charge is 2.18. The first-order valence-electron chi connectivity index (χ1n) is 6.71. The molecule has 0 saturated carbocycles. The first-order chi connectivity index (χ1) is 11.0. The minimum Gasteiger partial charge on any atom is -0.461 e. The van der Waals surface area contributed by atoms with Gasteiger partial charge >= 0.3 is 5.97 Å². The van der Waals surface area contributed by atoms with Gasteiger partial charge in [0.05, 0.1) is 6.42 Å². The maximum absolute atomic E-state index is 13.7. The smallest absolute Gasteiger partial charge is 0.310 e. The second-order valence-electron chi connectivity index (χ2n) is 4.83. The molecule has 7 heteroatoms. The molecule has 0 spiro atoms. The van der Waals surface area contributed by atoms with Gasteiger partial charge in [0.15, 0.2) is 11.5 Å². The van der Waals surface area contributed by atoms with Crippen LogP contribution in [-0.2, 0) is 22.6 Å². The van der Waals surface area contributed by atoms with E-state index < -0.39 is 11.8 Å². The van der Waals surface area contributed by atoms with Crippen molar-refractivity contribution in [1.82, 2.24) is 0 Å². The number of hydrogen-bond donors (Lipinski definition) is 0. The van der Waals surface area contributed by atoms with E-state index in [0.29, 0.717) is 11.5 Å². The molecule has 1 aliphatic rings. The molecule has 0 unspecified atom stereocenters. The fourth-order valence-corrected chi connectivity index (χ4v) is 2.79. The molecule has 0 aliphatic carbocycles. The van der Waals surface area contributed by atoms with Gasteiger partial charge in [-0.2, -0.15) is 0 Å². The van der Waals surface area contributed by atoms with Gasteiger partial charge in [0, 0.05) is 20.6 Å². The van der Waals surface area contributed by atoms with E-state index in [1.165, 1.54) is 18.2 Å². The molecule has 0 aromatic heterocycles. The van der Waals surface area contributed by atoms with Gasteiger partial charge in [0.25, 0.3) is 0 Å². The Balaban J connectivity index is 1.66. The predicted octanol–water partition coefficient (Wildman–Crippen LogP) is 4.26. The predicted molar refractivity (Wildman–Crippen MR) is 85.2 cm³/mol. The van der Waals surface area contributed by atoms with Crippen molar-refractivity contribution in [3.63, 3.8) is 0 Å². The van der Waals surface area contributed by atoms with Crippen LogP contribution in [0.5, 0.6) is 11.5 Å². The minimum atomic E-state index is -0.568. The maximum atomic E-state index is 13.7. The molecule has 2 aromatic rings. The van der Waals surface area contributed by atoms with Gasteiger partial charge in [-0.25, -0.2) is 4.39 Å². The van der Waals surface area contributed by atoms with Crippen molar-refractivity contribution in [2.24, 2.45) is 0 Å². The van der Waals surface area contributed by atoms with Crippen molar-refractivity contribution in [2.75, 3.05) is 6.79 Å². The van der Waals surface area contributed by atoms with Crippen molar-refractivity contribution in [3.05, 3.63) is 56.8 Å². The number of esters is 1. The van der Waals surface area contributed by atoms with Gasteiger partial charge in [0.1, 0.15) is 12.4 Å². The van der Waals surface area contributed by atoms with Crippen LogP contribution in [0.15, 0.2) is 34.8 Å². The molecule has 3 rings (SSSR count). The average Bonchev–Trinajstić information content (AvgIpc) is 2.95. The number of ether oxygens (including phenoxy) is 3. The molecule has 0 saturated heterocycles. The van der Waals surface area contributed by atoms with Crippen LogP contribution in [-0.4, -0.2) is 12.8 Å². The number of fused-ring (bicyclic) bond motifs is 1. The van der Waals surface area contributed by atoms with E-state index in [4.69, 9.17) is 25.8 Å². The quantitative estimate of drug-likeness (QED) is 0.718. The topological polar surface area (TPSA) is 44.8 Å². The molecule has 1 heterocycles. The summed E-state index contributed by atoms with van der Waals surface area (Å²) in [7, 11) is 0. The Kier molecular flexibility index (Phi) is 4.73. The maximum Gasteiger partial charge on any atom is 0.310 e. The Bertz CT molecular complexity index is 746. The highest BCUT2D eigenvalue weighted by Crippen LogP contribution is 2.37. The zero-order valence-corrected chi connectivity index (χ0v) is 14.1. The SMILES string of the molecule is O=C(Cc1c(F)cccc1Cl)OCc1cc2c(cc1Br)OCO2. The highest BCUT2D eigenvalue weighted by atomic mass is 79.9. The lowest BCUT2D eigenvalue weighted by molar-refractivity contribution is -0.144. The number of rotatable bonds is 4. The molecule has 0 radical (unpaired) electrons. The van der Waals surface area contributed by atoms with E-state index in [1.807, 2.05) is 0 Å². The lowest BCUT2D eigenvalue weighted by Gasteiger charge is -2.09. The summed E-state index contributed by atoms with van der Waals surface area (Å²) < 4.78 is 30.1. The molecule has 0 atom stereocenters. The van der Waals surface area contributed by atoms with E-state index in [9.17, 15) is 9.18 Å². The Hall–Kier alpha value is -1.79. The summed E-state index contributed by atoms with van der Waals surface area (Å²) >= 11 is 9.28. The van der Waals surface area contributed by atoms with Crippen molar-refractivity contribution in [2.45, 2.75) is 13.0 Å². The largest absolute Gasteiger partial charge is 0.461 e. The Labute approximate surface area is 145 Å². The molecule has 0 amide bonds. The van der Waals surface area contributed by atoms with Crippen LogP contribution in [0, 0.1) is 5.82 Å². The number of carbonyl (C=O) groups is 1. The molecular formula is C16H11BrClFO4. The normalized spacial score (nSPS) is 12.3.